The van der Waals surface area contributed by atoms with Gasteiger partial charge in [-0.25, -0.2) is 9.67 Å². The highest BCUT2D eigenvalue weighted by Gasteiger charge is 2.21. The second-order valence-corrected chi connectivity index (χ2v) is 7.46. The highest BCUT2D eigenvalue weighted by atomic mass is 127. The first kappa shape index (κ1) is 23.6. The van der Waals surface area contributed by atoms with Crippen LogP contribution in [0.25, 0.3) is 5.69 Å². The molecule has 0 amide bonds. The second-order valence-electron chi connectivity index (χ2n) is 7.46. The highest BCUT2D eigenvalue weighted by molar-refractivity contribution is 14.0. The van der Waals surface area contributed by atoms with Gasteiger partial charge < -0.3 is 15.4 Å². The normalized spacial score (nSPS) is 17.8. The lowest BCUT2D eigenvalue weighted by molar-refractivity contribution is -0.0284. The number of morpholine rings is 1. The molecule has 2 aromatic rings. The Balaban J connectivity index is 0.00000300. The summed E-state index contributed by atoms with van der Waals surface area (Å²) in [4.78, 5) is 10.8. The van der Waals surface area contributed by atoms with Crippen LogP contribution in [0.5, 0.6) is 0 Å². The summed E-state index contributed by atoms with van der Waals surface area (Å²) >= 11 is 0. The summed E-state index contributed by atoms with van der Waals surface area (Å²) in [5, 5.41) is 10.9. The van der Waals surface area contributed by atoms with Crippen molar-refractivity contribution in [3.63, 3.8) is 0 Å². The highest BCUT2D eigenvalue weighted by Crippen LogP contribution is 2.09. The van der Waals surface area contributed by atoms with Crippen LogP contribution < -0.4 is 10.6 Å². The average Bonchev–Trinajstić information content (AvgIpc) is 3.23. The SMILES string of the molecule is CN=C(NCc1ccc(-n2cncn2)cc1)NCC1CN(CC(C)C)CCO1.I. The van der Waals surface area contributed by atoms with E-state index in [2.05, 4.69) is 56.6 Å². The lowest BCUT2D eigenvalue weighted by Crippen LogP contribution is -2.50. The molecule has 1 aromatic carbocycles. The molecule has 2 N–H and O–H groups in total. The van der Waals surface area contributed by atoms with Crippen molar-refractivity contribution < 1.29 is 4.74 Å². The average molecular weight is 513 g/mol. The number of aliphatic imine (C=N–C) groups is 1. The number of nitrogens with one attached hydrogen (secondary N) is 2. The van der Waals surface area contributed by atoms with Crippen LogP contribution in [0.3, 0.4) is 0 Å². The summed E-state index contributed by atoms with van der Waals surface area (Å²) in [6.45, 7) is 9.86. The van der Waals surface area contributed by atoms with Gasteiger partial charge in [-0.15, -0.1) is 24.0 Å². The smallest absolute Gasteiger partial charge is 0.191 e. The number of rotatable bonds is 7. The molecule has 160 valence electrons. The zero-order valence-corrected chi connectivity index (χ0v) is 19.7. The molecule has 0 radical (unpaired) electrons. The number of halogens is 1. The van der Waals surface area contributed by atoms with Gasteiger partial charge in [0.25, 0.3) is 0 Å². The van der Waals surface area contributed by atoms with Gasteiger partial charge >= 0.3 is 0 Å². The lowest BCUT2D eigenvalue weighted by atomic mass is 10.2. The van der Waals surface area contributed by atoms with Crippen molar-refractivity contribution in [1.82, 2.24) is 30.3 Å². The third-order valence-electron chi connectivity index (χ3n) is 4.65. The van der Waals surface area contributed by atoms with Crippen molar-refractivity contribution in [3.8, 4) is 5.69 Å². The van der Waals surface area contributed by atoms with Crippen LogP contribution in [0, 0.1) is 5.92 Å². The van der Waals surface area contributed by atoms with Crippen LogP contribution in [0.15, 0.2) is 41.9 Å². The van der Waals surface area contributed by atoms with Gasteiger partial charge in [-0.2, -0.15) is 5.10 Å². The maximum Gasteiger partial charge on any atom is 0.191 e. The summed E-state index contributed by atoms with van der Waals surface area (Å²) in [6, 6.07) is 8.21. The predicted molar refractivity (Wildman–Crippen MR) is 126 cm³/mol. The first-order chi connectivity index (χ1) is 13.6. The van der Waals surface area contributed by atoms with Crippen molar-refractivity contribution >= 4 is 29.9 Å². The number of guanidine groups is 1. The third-order valence-corrected chi connectivity index (χ3v) is 4.65. The molecule has 1 unspecified atom stereocenters. The number of benzene rings is 1. The number of aromatic nitrogens is 3. The molecule has 1 aliphatic rings. The molecule has 0 saturated carbocycles. The van der Waals surface area contributed by atoms with Crippen LogP contribution in [0.4, 0.5) is 0 Å². The molecule has 2 heterocycles. The minimum Gasteiger partial charge on any atom is -0.374 e. The summed E-state index contributed by atoms with van der Waals surface area (Å²) in [6.07, 6.45) is 3.41. The molecule has 3 rings (SSSR count). The Kier molecular flexibility index (Phi) is 9.82. The molecule has 0 spiro atoms. The van der Waals surface area contributed by atoms with Crippen molar-refractivity contribution in [2.45, 2.75) is 26.5 Å². The number of hydrogen-bond donors (Lipinski definition) is 2. The van der Waals surface area contributed by atoms with Gasteiger partial charge in [0.1, 0.15) is 12.7 Å². The number of nitrogens with zero attached hydrogens (tertiary/aromatic N) is 5. The fourth-order valence-electron chi connectivity index (χ4n) is 3.31. The van der Waals surface area contributed by atoms with E-state index in [1.165, 1.54) is 11.9 Å². The Labute approximate surface area is 190 Å². The maximum atomic E-state index is 5.90. The molecular formula is C20H32IN7O. The fraction of sp³-hybridized carbons (Fsp3) is 0.550. The largest absolute Gasteiger partial charge is 0.374 e. The quantitative estimate of drug-likeness (QED) is 0.335. The molecule has 1 atom stereocenters. The Hall–Kier alpha value is -1.72. The topological polar surface area (TPSA) is 79.6 Å². The maximum absolute atomic E-state index is 5.90. The third kappa shape index (κ3) is 7.56. The van der Waals surface area contributed by atoms with E-state index in [1.807, 2.05) is 12.1 Å². The minimum absolute atomic E-state index is 0. The molecule has 0 bridgehead atoms. The molecular weight excluding hydrogens is 481 g/mol. The summed E-state index contributed by atoms with van der Waals surface area (Å²) in [7, 11) is 1.79. The van der Waals surface area contributed by atoms with Gasteiger partial charge in [0.2, 0.25) is 0 Å². The molecule has 1 saturated heterocycles. The van der Waals surface area contributed by atoms with E-state index >= 15 is 0 Å². The Bertz CT molecular complexity index is 734. The summed E-state index contributed by atoms with van der Waals surface area (Å²) in [5.74, 6) is 1.46. The van der Waals surface area contributed by atoms with E-state index in [9.17, 15) is 0 Å². The van der Waals surface area contributed by atoms with Crippen molar-refractivity contribution in [1.29, 1.82) is 0 Å². The summed E-state index contributed by atoms with van der Waals surface area (Å²) < 4.78 is 7.64. The van der Waals surface area contributed by atoms with Crippen LogP contribution in [-0.4, -0.2) is 71.6 Å². The molecule has 1 aliphatic heterocycles. The number of ether oxygens (including phenoxy) is 1. The molecule has 0 aliphatic carbocycles. The van der Waals surface area contributed by atoms with Gasteiger partial charge in [0.05, 0.1) is 18.4 Å². The Morgan fingerprint density at radius 2 is 2.07 bits per heavy atom. The van der Waals surface area contributed by atoms with E-state index in [0.29, 0.717) is 12.5 Å². The van der Waals surface area contributed by atoms with Gasteiger partial charge in [0.15, 0.2) is 5.96 Å². The van der Waals surface area contributed by atoms with Crippen molar-refractivity contribution in [3.05, 3.63) is 42.5 Å². The zero-order valence-electron chi connectivity index (χ0n) is 17.4. The molecule has 1 aromatic heterocycles. The van der Waals surface area contributed by atoms with E-state index in [1.54, 1.807) is 18.1 Å². The van der Waals surface area contributed by atoms with Crippen LogP contribution in [0.2, 0.25) is 0 Å². The van der Waals surface area contributed by atoms with Gasteiger partial charge in [-0.05, 0) is 23.6 Å². The van der Waals surface area contributed by atoms with Crippen LogP contribution in [-0.2, 0) is 11.3 Å². The standard InChI is InChI=1S/C20H31N7O.HI/c1-16(2)12-26-8-9-28-19(13-26)11-24-20(21-3)23-10-17-4-6-18(7-5-17)27-15-22-14-25-27;/h4-7,14-16,19H,8-13H2,1-3H3,(H2,21,23,24);1H. The minimum atomic E-state index is 0. The zero-order chi connectivity index (χ0) is 19.8. The Morgan fingerprint density at radius 1 is 1.28 bits per heavy atom. The van der Waals surface area contributed by atoms with Crippen molar-refractivity contribution in [2.24, 2.45) is 10.9 Å². The first-order valence-electron chi connectivity index (χ1n) is 9.86. The van der Waals surface area contributed by atoms with Gasteiger partial charge in [-0.1, -0.05) is 26.0 Å². The predicted octanol–water partition coefficient (Wildman–Crippen LogP) is 1.91. The molecule has 8 nitrogen and oxygen atoms in total. The monoisotopic (exact) mass is 513 g/mol. The van der Waals surface area contributed by atoms with Gasteiger partial charge in [-0.3, -0.25) is 9.89 Å². The van der Waals surface area contributed by atoms with E-state index in [4.69, 9.17) is 4.74 Å². The van der Waals surface area contributed by atoms with Gasteiger partial charge in [0, 0.05) is 39.8 Å². The molecule has 29 heavy (non-hydrogen) atoms. The second kappa shape index (κ2) is 12.1. The van der Waals surface area contributed by atoms with E-state index in [-0.39, 0.29) is 30.1 Å². The molecule has 1 fully saturated rings. The van der Waals surface area contributed by atoms with E-state index < -0.39 is 0 Å². The fourth-order valence-corrected chi connectivity index (χ4v) is 3.31. The Morgan fingerprint density at radius 3 is 2.72 bits per heavy atom. The van der Waals surface area contributed by atoms with Crippen molar-refractivity contribution in [2.75, 3.05) is 39.8 Å². The first-order valence-corrected chi connectivity index (χ1v) is 9.86. The number of hydrogen-bond acceptors (Lipinski definition) is 5. The lowest BCUT2D eigenvalue weighted by Gasteiger charge is -2.34. The molecule has 9 heteroatoms. The van der Waals surface area contributed by atoms with E-state index in [0.717, 1.165) is 44.4 Å². The summed E-state index contributed by atoms with van der Waals surface area (Å²) in [5.41, 5.74) is 2.16. The van der Waals surface area contributed by atoms with Crippen LogP contribution in [0.1, 0.15) is 19.4 Å². The van der Waals surface area contributed by atoms with Crippen LogP contribution >= 0.6 is 24.0 Å².